The van der Waals surface area contributed by atoms with Gasteiger partial charge in [-0.3, -0.25) is 9.59 Å². The van der Waals surface area contributed by atoms with Gasteiger partial charge in [-0.2, -0.15) is 0 Å². The molecule has 0 aliphatic rings. The van der Waals surface area contributed by atoms with Gasteiger partial charge in [0.05, 0.1) is 52.9 Å². The number of aromatic hydroxyl groups is 1. The zero-order valence-electron chi connectivity index (χ0n) is 17.7. The zero-order chi connectivity index (χ0) is 21.9. The molecule has 1 aromatic rings. The molecule has 0 radical (unpaired) electrons. The molecule has 1 aromatic carbocycles. The van der Waals surface area contributed by atoms with Gasteiger partial charge in [0.25, 0.3) is 0 Å². The molecule has 0 bridgehead atoms. The number of carbonyl (C=O) groups is 2. The number of benzene rings is 1. The molecule has 0 aliphatic heterocycles. The predicted octanol–water partition coefficient (Wildman–Crippen LogP) is 0.644. The SMILES string of the molecule is CC(=O)NCCOCCOCCOCCOCCC(=O)NCCc1ccc(O)cc1. The Morgan fingerprint density at radius 1 is 0.767 bits per heavy atom. The number of rotatable bonds is 18. The summed E-state index contributed by atoms with van der Waals surface area (Å²) >= 11 is 0. The first kappa shape index (κ1) is 25.8. The Morgan fingerprint density at radius 3 is 1.87 bits per heavy atom. The molecule has 0 unspecified atom stereocenters. The molecule has 0 heterocycles. The number of carbonyl (C=O) groups excluding carboxylic acids is 2. The molecule has 9 nitrogen and oxygen atoms in total. The fourth-order valence-electron chi connectivity index (χ4n) is 2.32. The van der Waals surface area contributed by atoms with Gasteiger partial charge >= 0.3 is 0 Å². The van der Waals surface area contributed by atoms with Crippen LogP contribution in [0.1, 0.15) is 18.9 Å². The van der Waals surface area contributed by atoms with Crippen LogP contribution >= 0.6 is 0 Å². The highest BCUT2D eigenvalue weighted by atomic mass is 16.6. The lowest BCUT2D eigenvalue weighted by atomic mass is 10.1. The van der Waals surface area contributed by atoms with Crippen molar-refractivity contribution in [2.24, 2.45) is 0 Å². The monoisotopic (exact) mass is 426 g/mol. The highest BCUT2D eigenvalue weighted by molar-refractivity contribution is 5.75. The van der Waals surface area contributed by atoms with E-state index in [1.807, 2.05) is 12.1 Å². The molecule has 0 aromatic heterocycles. The Kier molecular flexibility index (Phi) is 15.2. The third-order valence-electron chi connectivity index (χ3n) is 3.88. The highest BCUT2D eigenvalue weighted by Crippen LogP contribution is 2.09. The molecular formula is C21H34N2O7. The van der Waals surface area contributed by atoms with E-state index >= 15 is 0 Å². The molecule has 0 atom stereocenters. The van der Waals surface area contributed by atoms with E-state index in [1.54, 1.807) is 12.1 Å². The average Bonchev–Trinajstić information content (AvgIpc) is 2.72. The predicted molar refractivity (Wildman–Crippen MR) is 111 cm³/mol. The Labute approximate surface area is 178 Å². The molecule has 0 spiro atoms. The van der Waals surface area contributed by atoms with Crippen LogP contribution in [-0.4, -0.2) is 82.9 Å². The van der Waals surface area contributed by atoms with Gasteiger partial charge in [-0.25, -0.2) is 0 Å². The van der Waals surface area contributed by atoms with Gasteiger partial charge in [-0.1, -0.05) is 12.1 Å². The minimum absolute atomic E-state index is 0.0533. The largest absolute Gasteiger partial charge is 0.508 e. The minimum atomic E-state index is -0.0683. The number of phenolic OH excluding ortho intramolecular Hbond substituents is 1. The van der Waals surface area contributed by atoms with Crippen molar-refractivity contribution < 1.29 is 33.6 Å². The van der Waals surface area contributed by atoms with Crippen LogP contribution in [0.5, 0.6) is 5.75 Å². The van der Waals surface area contributed by atoms with Gasteiger partial charge in [-0.15, -0.1) is 0 Å². The van der Waals surface area contributed by atoms with E-state index in [-0.39, 0.29) is 17.6 Å². The summed E-state index contributed by atoms with van der Waals surface area (Å²) in [7, 11) is 0. The summed E-state index contributed by atoms with van der Waals surface area (Å²) < 4.78 is 21.4. The topological polar surface area (TPSA) is 115 Å². The van der Waals surface area contributed by atoms with E-state index in [1.165, 1.54) is 6.92 Å². The molecule has 9 heteroatoms. The molecule has 2 amide bonds. The van der Waals surface area contributed by atoms with Gasteiger partial charge in [-0.05, 0) is 24.1 Å². The molecule has 30 heavy (non-hydrogen) atoms. The Balaban J connectivity index is 1.79. The molecule has 0 aliphatic carbocycles. The van der Waals surface area contributed by atoms with E-state index in [0.29, 0.717) is 78.8 Å². The third kappa shape index (κ3) is 15.7. The maximum absolute atomic E-state index is 11.7. The van der Waals surface area contributed by atoms with Crippen LogP contribution in [0.3, 0.4) is 0 Å². The van der Waals surface area contributed by atoms with E-state index in [2.05, 4.69) is 10.6 Å². The summed E-state index contributed by atoms with van der Waals surface area (Å²) in [6.07, 6.45) is 1.02. The zero-order valence-corrected chi connectivity index (χ0v) is 17.7. The average molecular weight is 427 g/mol. The summed E-state index contributed by atoms with van der Waals surface area (Å²) in [5, 5.41) is 14.7. The van der Waals surface area contributed by atoms with Crippen molar-refractivity contribution in [1.29, 1.82) is 0 Å². The lowest BCUT2D eigenvalue weighted by Crippen LogP contribution is -2.26. The first-order valence-electron chi connectivity index (χ1n) is 10.2. The van der Waals surface area contributed by atoms with Crippen LogP contribution in [-0.2, 0) is 35.0 Å². The summed E-state index contributed by atoms with van der Waals surface area (Å²) in [5.74, 6) is 0.112. The van der Waals surface area contributed by atoms with Crippen molar-refractivity contribution >= 4 is 11.8 Å². The van der Waals surface area contributed by atoms with Crippen molar-refractivity contribution in [3.05, 3.63) is 29.8 Å². The standard InChI is InChI=1S/C21H34N2O7/c1-18(24)22-9-11-28-13-15-30-17-16-29-14-12-27-10-7-21(26)23-8-6-19-2-4-20(25)5-3-19/h2-5,25H,6-17H2,1H3,(H,22,24)(H,23,26). The van der Waals surface area contributed by atoms with Gasteiger partial charge in [0.2, 0.25) is 11.8 Å². The fourth-order valence-corrected chi connectivity index (χ4v) is 2.32. The second kappa shape index (κ2) is 17.6. The molecule has 3 N–H and O–H groups in total. The lowest BCUT2D eigenvalue weighted by Gasteiger charge is -2.08. The Bertz CT molecular complexity index is 581. The quantitative estimate of drug-likeness (QED) is 0.295. The first-order chi connectivity index (χ1) is 14.6. The van der Waals surface area contributed by atoms with E-state index < -0.39 is 0 Å². The van der Waals surface area contributed by atoms with Crippen molar-refractivity contribution in [3.63, 3.8) is 0 Å². The molecule has 1 rings (SSSR count). The van der Waals surface area contributed by atoms with E-state index in [4.69, 9.17) is 18.9 Å². The molecule has 0 saturated heterocycles. The van der Waals surface area contributed by atoms with Crippen molar-refractivity contribution in [1.82, 2.24) is 10.6 Å². The maximum Gasteiger partial charge on any atom is 0.222 e. The van der Waals surface area contributed by atoms with E-state index in [0.717, 1.165) is 5.56 Å². The van der Waals surface area contributed by atoms with Crippen LogP contribution in [0.2, 0.25) is 0 Å². The molecule has 170 valence electrons. The normalized spacial score (nSPS) is 10.7. The number of amides is 2. The summed E-state index contributed by atoms with van der Waals surface area (Å²) in [6.45, 7) is 6.08. The molecular weight excluding hydrogens is 392 g/mol. The van der Waals surface area contributed by atoms with Crippen LogP contribution < -0.4 is 10.6 Å². The van der Waals surface area contributed by atoms with Crippen LogP contribution in [0, 0.1) is 0 Å². The van der Waals surface area contributed by atoms with Crippen LogP contribution in [0.4, 0.5) is 0 Å². The Hall–Kier alpha value is -2.20. The summed E-state index contributed by atoms with van der Waals surface area (Å²) in [6, 6.07) is 6.93. The van der Waals surface area contributed by atoms with Gasteiger partial charge in [0, 0.05) is 26.4 Å². The van der Waals surface area contributed by atoms with Gasteiger partial charge in [0.15, 0.2) is 0 Å². The summed E-state index contributed by atoms with van der Waals surface area (Å²) in [5.41, 5.74) is 1.06. The fraction of sp³-hybridized carbons (Fsp3) is 0.619. The van der Waals surface area contributed by atoms with Gasteiger partial charge in [0.1, 0.15) is 5.75 Å². The van der Waals surface area contributed by atoms with E-state index in [9.17, 15) is 14.7 Å². The van der Waals surface area contributed by atoms with Crippen molar-refractivity contribution in [2.75, 3.05) is 65.9 Å². The lowest BCUT2D eigenvalue weighted by molar-refractivity contribution is -0.122. The summed E-state index contributed by atoms with van der Waals surface area (Å²) in [4.78, 5) is 22.4. The number of nitrogens with one attached hydrogen (secondary N) is 2. The minimum Gasteiger partial charge on any atom is -0.508 e. The first-order valence-corrected chi connectivity index (χ1v) is 10.2. The number of phenols is 1. The van der Waals surface area contributed by atoms with Crippen molar-refractivity contribution in [2.45, 2.75) is 19.8 Å². The third-order valence-corrected chi connectivity index (χ3v) is 3.88. The van der Waals surface area contributed by atoms with Crippen LogP contribution in [0.25, 0.3) is 0 Å². The van der Waals surface area contributed by atoms with Crippen LogP contribution in [0.15, 0.2) is 24.3 Å². The Morgan fingerprint density at radius 2 is 1.30 bits per heavy atom. The number of hydrogen-bond donors (Lipinski definition) is 3. The second-order valence-corrected chi connectivity index (χ2v) is 6.45. The van der Waals surface area contributed by atoms with Crippen molar-refractivity contribution in [3.8, 4) is 5.75 Å². The van der Waals surface area contributed by atoms with Gasteiger partial charge < -0.3 is 34.7 Å². The maximum atomic E-state index is 11.7. The molecule has 0 fully saturated rings. The number of hydrogen-bond acceptors (Lipinski definition) is 7. The smallest absolute Gasteiger partial charge is 0.222 e. The number of ether oxygens (including phenoxy) is 4. The second-order valence-electron chi connectivity index (χ2n) is 6.45. The molecule has 0 saturated carbocycles. The highest BCUT2D eigenvalue weighted by Gasteiger charge is 2.01.